The van der Waals surface area contributed by atoms with E-state index in [9.17, 15) is 0 Å². The van der Waals surface area contributed by atoms with Crippen molar-refractivity contribution in [2.45, 2.75) is 18.8 Å². The van der Waals surface area contributed by atoms with Crippen molar-refractivity contribution in [2.24, 2.45) is 0 Å². The Bertz CT molecular complexity index is 711. The Balaban J connectivity index is 1.84. The van der Waals surface area contributed by atoms with Crippen molar-refractivity contribution < 1.29 is 0 Å². The number of rotatable bonds is 3. The van der Waals surface area contributed by atoms with Crippen molar-refractivity contribution in [1.29, 1.82) is 0 Å². The Kier molecular flexibility index (Phi) is 2.30. The first-order chi connectivity index (χ1) is 9.42. The van der Waals surface area contributed by atoms with Crippen LogP contribution >= 0.6 is 0 Å². The number of para-hydroxylation sites is 1. The van der Waals surface area contributed by atoms with Crippen molar-refractivity contribution in [3.05, 3.63) is 60.4 Å². The molecule has 1 saturated carbocycles. The zero-order chi connectivity index (χ0) is 12.7. The molecule has 2 heterocycles. The number of fused-ring (bicyclic) bond motifs is 1. The van der Waals surface area contributed by atoms with Crippen molar-refractivity contribution in [3.63, 3.8) is 0 Å². The fourth-order valence-corrected chi connectivity index (χ4v) is 2.44. The number of nitrogens with one attached hydrogen (secondary N) is 1. The van der Waals surface area contributed by atoms with Gasteiger partial charge in [0.05, 0.1) is 5.69 Å². The average Bonchev–Trinajstić information content (AvgIpc) is 3.24. The second-order valence-electron chi connectivity index (χ2n) is 5.04. The molecule has 0 amide bonds. The first-order valence-electron chi connectivity index (χ1n) is 6.71. The van der Waals surface area contributed by atoms with E-state index in [0.29, 0.717) is 5.92 Å². The van der Waals surface area contributed by atoms with E-state index in [1.165, 1.54) is 18.5 Å². The summed E-state index contributed by atoms with van der Waals surface area (Å²) < 4.78 is 2.14. The van der Waals surface area contributed by atoms with Gasteiger partial charge in [-0.3, -0.25) is 4.40 Å². The maximum atomic E-state index is 4.77. The van der Waals surface area contributed by atoms with E-state index in [2.05, 4.69) is 34.1 Å². The van der Waals surface area contributed by atoms with Crippen LogP contribution < -0.4 is 5.32 Å². The van der Waals surface area contributed by atoms with Gasteiger partial charge in [-0.2, -0.15) is 0 Å². The van der Waals surface area contributed by atoms with Crippen LogP contribution in [0.4, 0.5) is 11.5 Å². The molecule has 2 aromatic heterocycles. The SMILES string of the molecule is c1ccc(Nc2c(C3CC3)nc3ccccn23)cc1. The lowest BCUT2D eigenvalue weighted by molar-refractivity contribution is 1.06. The molecule has 1 aliphatic rings. The molecule has 0 atom stereocenters. The summed E-state index contributed by atoms with van der Waals surface area (Å²) in [5.41, 5.74) is 3.33. The number of benzene rings is 1. The quantitative estimate of drug-likeness (QED) is 0.761. The highest BCUT2D eigenvalue weighted by Crippen LogP contribution is 2.43. The summed E-state index contributed by atoms with van der Waals surface area (Å²) in [5.74, 6) is 1.75. The topological polar surface area (TPSA) is 29.3 Å². The number of pyridine rings is 1. The van der Waals surface area contributed by atoms with Gasteiger partial charge < -0.3 is 5.32 Å². The van der Waals surface area contributed by atoms with Crippen LogP contribution in [0.25, 0.3) is 5.65 Å². The standard InChI is InChI=1S/C16H15N3/c1-2-6-13(7-3-1)17-16-15(12-9-10-12)18-14-8-4-5-11-19(14)16/h1-8,11-12,17H,9-10H2. The van der Waals surface area contributed by atoms with Crippen molar-refractivity contribution in [1.82, 2.24) is 9.38 Å². The summed E-state index contributed by atoms with van der Waals surface area (Å²) in [6.07, 6.45) is 4.58. The molecule has 1 aliphatic carbocycles. The highest BCUT2D eigenvalue weighted by molar-refractivity contribution is 5.64. The van der Waals surface area contributed by atoms with Gasteiger partial charge >= 0.3 is 0 Å². The lowest BCUT2D eigenvalue weighted by Crippen LogP contribution is -1.97. The van der Waals surface area contributed by atoms with Gasteiger partial charge in [-0.1, -0.05) is 24.3 Å². The molecule has 19 heavy (non-hydrogen) atoms. The molecular formula is C16H15N3. The number of aromatic nitrogens is 2. The minimum Gasteiger partial charge on any atom is -0.340 e. The molecule has 0 bridgehead atoms. The van der Waals surface area contributed by atoms with Crippen LogP contribution in [0.3, 0.4) is 0 Å². The summed E-state index contributed by atoms with van der Waals surface area (Å²) in [4.78, 5) is 4.77. The smallest absolute Gasteiger partial charge is 0.138 e. The summed E-state index contributed by atoms with van der Waals surface area (Å²) in [5, 5.41) is 3.52. The molecular weight excluding hydrogens is 234 g/mol. The molecule has 1 aromatic carbocycles. The largest absolute Gasteiger partial charge is 0.340 e. The summed E-state index contributed by atoms with van der Waals surface area (Å²) in [6, 6.07) is 16.4. The van der Waals surface area contributed by atoms with Crippen LogP contribution in [0.2, 0.25) is 0 Å². The molecule has 1 fully saturated rings. The predicted octanol–water partition coefficient (Wildman–Crippen LogP) is 3.96. The number of hydrogen-bond donors (Lipinski definition) is 1. The van der Waals surface area contributed by atoms with Gasteiger partial charge in [0.1, 0.15) is 11.5 Å². The Hall–Kier alpha value is -2.29. The van der Waals surface area contributed by atoms with Crippen LogP contribution in [0.1, 0.15) is 24.5 Å². The fraction of sp³-hybridized carbons (Fsp3) is 0.188. The first-order valence-corrected chi connectivity index (χ1v) is 6.71. The lowest BCUT2D eigenvalue weighted by Gasteiger charge is -2.08. The molecule has 94 valence electrons. The maximum absolute atomic E-state index is 4.77. The van der Waals surface area contributed by atoms with E-state index in [-0.39, 0.29) is 0 Å². The minimum absolute atomic E-state index is 0.631. The van der Waals surface area contributed by atoms with Crippen molar-refractivity contribution in [2.75, 3.05) is 5.32 Å². The van der Waals surface area contributed by atoms with E-state index in [0.717, 1.165) is 17.2 Å². The zero-order valence-electron chi connectivity index (χ0n) is 10.6. The monoisotopic (exact) mass is 249 g/mol. The van der Waals surface area contributed by atoms with E-state index >= 15 is 0 Å². The van der Waals surface area contributed by atoms with E-state index in [1.807, 2.05) is 30.3 Å². The summed E-state index contributed by atoms with van der Waals surface area (Å²) in [7, 11) is 0. The number of nitrogens with zero attached hydrogens (tertiary/aromatic N) is 2. The van der Waals surface area contributed by atoms with Gasteiger partial charge in [-0.25, -0.2) is 4.98 Å². The molecule has 3 aromatic rings. The van der Waals surface area contributed by atoms with Crippen molar-refractivity contribution >= 4 is 17.2 Å². The van der Waals surface area contributed by atoms with E-state index in [4.69, 9.17) is 4.98 Å². The van der Waals surface area contributed by atoms with Gasteiger partial charge in [0.2, 0.25) is 0 Å². The molecule has 1 N–H and O–H groups in total. The lowest BCUT2D eigenvalue weighted by atomic mass is 10.2. The highest BCUT2D eigenvalue weighted by atomic mass is 15.1. The average molecular weight is 249 g/mol. The maximum Gasteiger partial charge on any atom is 0.138 e. The summed E-state index contributed by atoms with van der Waals surface area (Å²) in [6.45, 7) is 0. The van der Waals surface area contributed by atoms with Crippen LogP contribution in [-0.4, -0.2) is 9.38 Å². The normalized spacial score (nSPS) is 14.7. The molecule has 3 nitrogen and oxygen atoms in total. The van der Waals surface area contributed by atoms with E-state index in [1.54, 1.807) is 0 Å². The predicted molar refractivity (Wildman–Crippen MR) is 76.9 cm³/mol. The number of hydrogen-bond acceptors (Lipinski definition) is 2. The van der Waals surface area contributed by atoms with Gasteiger partial charge in [0.25, 0.3) is 0 Å². The van der Waals surface area contributed by atoms with Gasteiger partial charge in [0.15, 0.2) is 0 Å². The fourth-order valence-electron chi connectivity index (χ4n) is 2.44. The summed E-state index contributed by atoms with van der Waals surface area (Å²) >= 11 is 0. The molecule has 0 saturated heterocycles. The molecule has 0 aliphatic heterocycles. The van der Waals surface area contributed by atoms with Gasteiger partial charge in [0, 0.05) is 17.8 Å². The third-order valence-corrected chi connectivity index (χ3v) is 3.56. The molecule has 4 rings (SSSR count). The van der Waals surface area contributed by atoms with Gasteiger partial charge in [-0.05, 0) is 37.1 Å². The second-order valence-corrected chi connectivity index (χ2v) is 5.04. The Labute approximate surface area is 111 Å². The minimum atomic E-state index is 0.631. The first kappa shape index (κ1) is 10.6. The number of anilines is 2. The molecule has 3 heteroatoms. The molecule has 0 unspecified atom stereocenters. The zero-order valence-corrected chi connectivity index (χ0v) is 10.6. The molecule has 0 radical (unpaired) electrons. The Morgan fingerprint density at radius 2 is 1.79 bits per heavy atom. The highest BCUT2D eigenvalue weighted by Gasteiger charge is 2.30. The third-order valence-electron chi connectivity index (χ3n) is 3.56. The Morgan fingerprint density at radius 1 is 1.00 bits per heavy atom. The van der Waals surface area contributed by atoms with Crippen LogP contribution in [0, 0.1) is 0 Å². The third kappa shape index (κ3) is 1.87. The van der Waals surface area contributed by atoms with Crippen molar-refractivity contribution in [3.8, 4) is 0 Å². The number of imidazole rings is 1. The van der Waals surface area contributed by atoms with E-state index < -0.39 is 0 Å². The Morgan fingerprint density at radius 3 is 2.58 bits per heavy atom. The van der Waals surface area contributed by atoms with Crippen LogP contribution in [-0.2, 0) is 0 Å². The van der Waals surface area contributed by atoms with Crippen LogP contribution in [0.5, 0.6) is 0 Å². The van der Waals surface area contributed by atoms with Gasteiger partial charge in [-0.15, -0.1) is 0 Å². The second kappa shape index (κ2) is 4.12. The molecule has 0 spiro atoms. The van der Waals surface area contributed by atoms with Crippen LogP contribution in [0.15, 0.2) is 54.7 Å².